The Hall–Kier alpha value is -2.09. The fourth-order valence-corrected chi connectivity index (χ4v) is 7.53. The van der Waals surface area contributed by atoms with Gasteiger partial charge in [0.1, 0.15) is 0 Å². The van der Waals surface area contributed by atoms with Crippen LogP contribution in [0.15, 0.2) is 47.4 Å². The van der Waals surface area contributed by atoms with Crippen LogP contribution in [-0.2, 0) is 20.4 Å². The van der Waals surface area contributed by atoms with E-state index in [4.69, 9.17) is 11.6 Å². The molecule has 1 amide bonds. The molecule has 210 valence electrons. The molecule has 2 heterocycles. The lowest BCUT2D eigenvalue weighted by atomic mass is 9.77. The maximum atomic E-state index is 13.4. The summed E-state index contributed by atoms with van der Waals surface area (Å²) in [7, 11) is -3.89. The summed E-state index contributed by atoms with van der Waals surface area (Å²) in [6.45, 7) is 1.88. The van der Waals surface area contributed by atoms with Crippen LogP contribution in [0.5, 0.6) is 0 Å². The molecule has 1 aromatic rings. The van der Waals surface area contributed by atoms with E-state index in [9.17, 15) is 44.7 Å². The second-order valence-corrected chi connectivity index (χ2v) is 12.7. The smallest absolute Gasteiger partial charge is 0.369 e. The highest BCUT2D eigenvalue weighted by atomic mass is 35.5. The second kappa shape index (κ2) is 9.24. The molecule has 2 fully saturated rings. The van der Waals surface area contributed by atoms with E-state index in [1.165, 1.54) is 15.3 Å². The van der Waals surface area contributed by atoms with E-state index in [0.29, 0.717) is 25.0 Å². The number of rotatable bonds is 4. The third-order valence-electron chi connectivity index (χ3n) is 7.63. The van der Waals surface area contributed by atoms with E-state index in [2.05, 4.69) is 0 Å². The molecule has 38 heavy (non-hydrogen) atoms. The number of piperidine rings is 1. The quantitative estimate of drug-likeness (QED) is 0.398. The summed E-state index contributed by atoms with van der Waals surface area (Å²) < 4.78 is 107. The number of carbonyl (C=O) groups excluding carboxylic acids is 1. The normalized spacial score (nSPS) is 25.2. The van der Waals surface area contributed by atoms with Crippen molar-refractivity contribution in [2.75, 3.05) is 24.5 Å². The van der Waals surface area contributed by atoms with Crippen LogP contribution in [0.25, 0.3) is 0 Å². The molecule has 14 heteroatoms. The van der Waals surface area contributed by atoms with Crippen LogP contribution in [0.3, 0.4) is 0 Å². The average Bonchev–Trinajstić information content (AvgIpc) is 3.12. The van der Waals surface area contributed by atoms with Gasteiger partial charge in [-0.25, -0.2) is 8.42 Å². The Balaban J connectivity index is 1.50. The topological polar surface area (TPSA) is 77.9 Å². The summed E-state index contributed by atoms with van der Waals surface area (Å²) in [5, 5.41) is 9.58. The maximum Gasteiger partial charge on any atom is 0.430 e. The standard InChI is InChI=1S/C24H25ClF6N2O4S/c1-20(25)9-3-2-4-18(20)38(36,37)32-13-10-21(11-14-32)12-15-33(19(21)34)17-7-5-16(6-8-17)22(35,23(26,27)28)24(29,30)31/h2-8,35H,9-15H2,1H3. The van der Waals surface area contributed by atoms with Crippen molar-refractivity contribution in [1.82, 2.24) is 4.31 Å². The van der Waals surface area contributed by atoms with Crippen molar-refractivity contribution >= 4 is 33.2 Å². The summed E-state index contributed by atoms with van der Waals surface area (Å²) in [5.74, 6) is -0.383. The minimum absolute atomic E-state index is 0.0546. The molecule has 6 nitrogen and oxygen atoms in total. The van der Waals surface area contributed by atoms with Gasteiger partial charge >= 0.3 is 12.4 Å². The summed E-state index contributed by atoms with van der Waals surface area (Å²) >= 11 is 6.44. The molecule has 1 spiro atoms. The van der Waals surface area contributed by atoms with E-state index in [1.54, 1.807) is 19.1 Å². The van der Waals surface area contributed by atoms with Gasteiger partial charge in [-0.2, -0.15) is 30.6 Å². The van der Waals surface area contributed by atoms with Crippen molar-refractivity contribution in [3.63, 3.8) is 0 Å². The minimum atomic E-state index is -6.01. The monoisotopic (exact) mass is 586 g/mol. The Morgan fingerprint density at radius 2 is 1.47 bits per heavy atom. The molecule has 1 unspecified atom stereocenters. The first-order valence-corrected chi connectivity index (χ1v) is 13.5. The number of carbonyl (C=O) groups is 1. The number of nitrogens with zero attached hydrogens (tertiary/aromatic N) is 2. The average molecular weight is 587 g/mol. The molecule has 0 aromatic heterocycles. The van der Waals surface area contributed by atoms with Crippen LogP contribution < -0.4 is 4.90 Å². The molecular formula is C24H25ClF6N2O4S. The Bertz CT molecular complexity index is 1250. The number of benzene rings is 1. The predicted molar refractivity (Wildman–Crippen MR) is 128 cm³/mol. The summed E-state index contributed by atoms with van der Waals surface area (Å²) in [6, 6.07) is 2.86. The fourth-order valence-electron chi connectivity index (χ4n) is 5.27. The molecule has 2 saturated heterocycles. The van der Waals surface area contributed by atoms with Gasteiger partial charge in [0.15, 0.2) is 0 Å². The third kappa shape index (κ3) is 4.54. The lowest BCUT2D eigenvalue weighted by Gasteiger charge is -2.39. The van der Waals surface area contributed by atoms with E-state index >= 15 is 0 Å². The largest absolute Gasteiger partial charge is 0.430 e. The lowest BCUT2D eigenvalue weighted by molar-refractivity contribution is -0.376. The fraction of sp³-hybridized carbons (Fsp3) is 0.542. The number of hydrogen-bond acceptors (Lipinski definition) is 4. The Morgan fingerprint density at radius 1 is 0.947 bits per heavy atom. The zero-order valence-corrected chi connectivity index (χ0v) is 21.7. The van der Waals surface area contributed by atoms with Gasteiger partial charge in [0.05, 0.1) is 15.2 Å². The van der Waals surface area contributed by atoms with Crippen LogP contribution in [-0.4, -0.2) is 60.6 Å². The van der Waals surface area contributed by atoms with Crippen LogP contribution >= 0.6 is 11.6 Å². The number of aliphatic hydroxyl groups is 1. The van der Waals surface area contributed by atoms with Crippen LogP contribution in [0.2, 0.25) is 0 Å². The zero-order chi connectivity index (χ0) is 28.4. The molecule has 3 aliphatic rings. The minimum Gasteiger partial charge on any atom is -0.369 e. The Morgan fingerprint density at radius 3 is 1.97 bits per heavy atom. The van der Waals surface area contributed by atoms with Gasteiger partial charge in [0, 0.05) is 30.9 Å². The maximum absolute atomic E-state index is 13.4. The predicted octanol–water partition coefficient (Wildman–Crippen LogP) is 4.99. The Kier molecular flexibility index (Phi) is 7.03. The molecule has 1 N–H and O–H groups in total. The number of anilines is 1. The van der Waals surface area contributed by atoms with Crippen molar-refractivity contribution in [2.24, 2.45) is 5.41 Å². The molecule has 1 aromatic carbocycles. The van der Waals surface area contributed by atoms with E-state index in [0.717, 1.165) is 12.1 Å². The second-order valence-electron chi connectivity index (χ2n) is 10.0. The summed E-state index contributed by atoms with van der Waals surface area (Å²) in [5.41, 5.74) is -7.31. The van der Waals surface area contributed by atoms with Gasteiger partial charge in [-0.3, -0.25) is 4.79 Å². The SMILES string of the molecule is CC1(Cl)CC=CC=C1S(=O)(=O)N1CCC2(CCN(c3ccc(C(O)(C(F)(F)F)C(F)(F)F)cc3)C2=O)CC1. The first kappa shape index (κ1) is 28.9. The highest BCUT2D eigenvalue weighted by molar-refractivity contribution is 7.93. The highest BCUT2D eigenvalue weighted by Gasteiger charge is 2.71. The van der Waals surface area contributed by atoms with Gasteiger partial charge in [-0.05, 0) is 50.8 Å². The molecule has 4 rings (SSSR count). The number of alkyl halides is 7. The number of sulfonamides is 1. The van der Waals surface area contributed by atoms with Crippen molar-refractivity contribution < 1.29 is 44.7 Å². The van der Waals surface area contributed by atoms with Crippen LogP contribution in [0.4, 0.5) is 32.0 Å². The third-order valence-corrected chi connectivity index (χ3v) is 10.3. The van der Waals surface area contributed by atoms with Crippen molar-refractivity contribution in [2.45, 2.75) is 55.4 Å². The van der Waals surface area contributed by atoms with Gasteiger partial charge in [-0.15, -0.1) is 11.6 Å². The Labute approximate surface area is 220 Å². The molecule has 1 atom stereocenters. The summed E-state index contributed by atoms with van der Waals surface area (Å²) in [4.78, 5) is 13.6. The molecule has 0 saturated carbocycles. The number of allylic oxidation sites excluding steroid dienone is 4. The molecule has 2 aliphatic heterocycles. The first-order chi connectivity index (χ1) is 17.4. The van der Waals surface area contributed by atoms with Crippen LogP contribution in [0, 0.1) is 5.41 Å². The zero-order valence-electron chi connectivity index (χ0n) is 20.1. The van der Waals surface area contributed by atoms with Gasteiger partial charge < -0.3 is 10.0 Å². The van der Waals surface area contributed by atoms with Crippen molar-refractivity contribution in [3.05, 3.63) is 53.0 Å². The van der Waals surface area contributed by atoms with Crippen molar-refractivity contribution in [3.8, 4) is 0 Å². The molecular weight excluding hydrogens is 562 g/mol. The van der Waals surface area contributed by atoms with E-state index < -0.39 is 43.8 Å². The van der Waals surface area contributed by atoms with E-state index in [-0.39, 0.29) is 49.0 Å². The van der Waals surface area contributed by atoms with Crippen LogP contribution in [0.1, 0.15) is 38.2 Å². The number of hydrogen-bond donors (Lipinski definition) is 1. The van der Waals surface area contributed by atoms with Gasteiger partial charge in [0.25, 0.3) is 5.60 Å². The number of amides is 1. The van der Waals surface area contributed by atoms with Crippen molar-refractivity contribution in [1.29, 1.82) is 0 Å². The molecule has 1 aliphatic carbocycles. The van der Waals surface area contributed by atoms with Gasteiger partial charge in [-0.1, -0.05) is 24.3 Å². The highest BCUT2D eigenvalue weighted by Crippen LogP contribution is 2.51. The van der Waals surface area contributed by atoms with Gasteiger partial charge in [0.2, 0.25) is 15.9 Å². The van der Waals surface area contributed by atoms with E-state index in [1.807, 2.05) is 0 Å². The first-order valence-electron chi connectivity index (χ1n) is 11.7. The number of halogens is 7. The summed E-state index contributed by atoms with van der Waals surface area (Å²) in [6.07, 6.45) is -6.10. The molecule has 0 radical (unpaired) electrons. The lowest BCUT2D eigenvalue weighted by Crippen LogP contribution is -2.53. The molecule has 0 bridgehead atoms.